The van der Waals surface area contributed by atoms with E-state index in [2.05, 4.69) is 10.1 Å². The van der Waals surface area contributed by atoms with Crippen molar-refractivity contribution in [3.8, 4) is 17.1 Å². The summed E-state index contributed by atoms with van der Waals surface area (Å²) in [5, 5.41) is 14.3. The van der Waals surface area contributed by atoms with Gasteiger partial charge in [-0.2, -0.15) is 0 Å². The summed E-state index contributed by atoms with van der Waals surface area (Å²) < 4.78 is 52.1. The maximum atomic E-state index is 14.3. The number of carbonyl (C=O) groups is 2. The standard InChI is InChI=1S/C34H39F3N2O5/c1-32(2,21-5-8-26(36)31(13-21)43-4)16-24(40)17-34(19-39(20-34)23-9-11-33(3,42)12-10-23)18-29(41)28-15-30(44-38-28)25-7-6-22(35)14-27(25)37/h5-8,13-15,23,42H,9-12,16-20H2,1-4H3. The number of aliphatic hydroxyl groups is 1. The number of halogens is 3. The highest BCUT2D eigenvalue weighted by Gasteiger charge is 2.49. The van der Waals surface area contributed by atoms with Crippen molar-refractivity contribution in [2.75, 3.05) is 20.2 Å². The van der Waals surface area contributed by atoms with Gasteiger partial charge in [0, 0.05) is 55.9 Å². The normalized spacial score (nSPS) is 22.0. The number of methoxy groups -OCH3 is 1. The van der Waals surface area contributed by atoms with Crippen molar-refractivity contribution in [2.45, 2.75) is 82.8 Å². The van der Waals surface area contributed by atoms with Crippen molar-refractivity contribution in [3.05, 3.63) is 71.2 Å². The quantitative estimate of drug-likeness (QED) is 0.242. The highest BCUT2D eigenvalue weighted by Crippen LogP contribution is 2.44. The van der Waals surface area contributed by atoms with Crippen LogP contribution in [0.4, 0.5) is 13.2 Å². The average Bonchev–Trinajstić information content (AvgIpc) is 3.41. The van der Waals surface area contributed by atoms with Crippen LogP contribution in [0, 0.1) is 22.9 Å². The largest absolute Gasteiger partial charge is 0.494 e. The van der Waals surface area contributed by atoms with Crippen LogP contribution >= 0.6 is 0 Å². The number of ether oxygens (including phenoxy) is 1. The van der Waals surface area contributed by atoms with Crippen molar-refractivity contribution >= 4 is 11.6 Å². The summed E-state index contributed by atoms with van der Waals surface area (Å²) in [5.41, 5.74) is -1.14. The van der Waals surface area contributed by atoms with Gasteiger partial charge in [-0.3, -0.25) is 14.5 Å². The predicted molar refractivity (Wildman–Crippen MR) is 158 cm³/mol. The molecule has 0 spiro atoms. The monoisotopic (exact) mass is 612 g/mol. The van der Waals surface area contributed by atoms with Crippen LogP contribution in [0.25, 0.3) is 11.3 Å². The average molecular weight is 613 g/mol. The Hall–Kier alpha value is -3.50. The van der Waals surface area contributed by atoms with E-state index in [9.17, 15) is 27.9 Å². The summed E-state index contributed by atoms with van der Waals surface area (Å²) in [5.74, 6) is -2.27. The van der Waals surface area contributed by atoms with Gasteiger partial charge in [0.1, 0.15) is 23.1 Å². The molecular formula is C34H39F3N2O5. The van der Waals surface area contributed by atoms with Crippen molar-refractivity contribution in [2.24, 2.45) is 5.41 Å². The number of hydrogen-bond donors (Lipinski definition) is 1. The van der Waals surface area contributed by atoms with Gasteiger partial charge in [-0.15, -0.1) is 0 Å². The Kier molecular flexibility index (Phi) is 8.79. The molecule has 5 rings (SSSR count). The first-order valence-electron chi connectivity index (χ1n) is 15.0. The van der Waals surface area contributed by atoms with Crippen molar-refractivity contribution in [1.82, 2.24) is 10.1 Å². The number of ketones is 2. The molecule has 1 aliphatic heterocycles. The molecule has 1 saturated carbocycles. The third-order valence-electron chi connectivity index (χ3n) is 9.30. The van der Waals surface area contributed by atoms with E-state index in [4.69, 9.17) is 9.26 Å². The lowest BCUT2D eigenvalue weighted by atomic mass is 9.68. The molecular weight excluding hydrogens is 573 g/mol. The zero-order valence-electron chi connectivity index (χ0n) is 25.6. The van der Waals surface area contributed by atoms with Crippen molar-refractivity contribution in [3.63, 3.8) is 0 Å². The highest BCUT2D eigenvalue weighted by molar-refractivity contribution is 5.96. The molecule has 0 atom stereocenters. The smallest absolute Gasteiger partial charge is 0.185 e. The fraction of sp³-hybridized carbons (Fsp3) is 0.500. The molecule has 2 aromatic carbocycles. The van der Waals surface area contributed by atoms with Crippen LogP contribution in [0.3, 0.4) is 0 Å². The molecule has 2 heterocycles. The van der Waals surface area contributed by atoms with Gasteiger partial charge in [0.15, 0.2) is 23.1 Å². The third kappa shape index (κ3) is 6.91. The van der Waals surface area contributed by atoms with Crippen LogP contribution in [-0.4, -0.2) is 58.6 Å². The highest BCUT2D eigenvalue weighted by atomic mass is 19.1. The number of hydrogen-bond acceptors (Lipinski definition) is 7. The van der Waals surface area contributed by atoms with E-state index in [1.165, 1.54) is 25.3 Å². The summed E-state index contributed by atoms with van der Waals surface area (Å²) in [6, 6.07) is 9.25. The van der Waals surface area contributed by atoms with Crippen LogP contribution in [0.15, 0.2) is 47.0 Å². The molecule has 1 aromatic heterocycles. The van der Waals surface area contributed by atoms with Gasteiger partial charge in [-0.25, -0.2) is 13.2 Å². The van der Waals surface area contributed by atoms with Crippen LogP contribution in [0.2, 0.25) is 0 Å². The predicted octanol–water partition coefficient (Wildman–Crippen LogP) is 6.66. The Balaban J connectivity index is 1.32. The maximum absolute atomic E-state index is 14.3. The molecule has 0 radical (unpaired) electrons. The fourth-order valence-electron chi connectivity index (χ4n) is 6.76. The van der Waals surface area contributed by atoms with Gasteiger partial charge in [0.25, 0.3) is 0 Å². The van der Waals surface area contributed by atoms with Gasteiger partial charge in [-0.05, 0) is 67.9 Å². The van der Waals surface area contributed by atoms with Gasteiger partial charge in [0.05, 0.1) is 18.3 Å². The molecule has 2 fully saturated rings. The minimum Gasteiger partial charge on any atom is -0.494 e. The topological polar surface area (TPSA) is 92.9 Å². The molecule has 0 unspecified atom stereocenters. The van der Waals surface area contributed by atoms with Crippen LogP contribution < -0.4 is 4.74 Å². The SMILES string of the molecule is COc1cc(C(C)(C)CC(=O)CC2(CC(=O)c3cc(-c4ccc(F)cc4F)on3)CN(C3CCC(C)(O)CC3)C2)ccc1F. The van der Waals surface area contributed by atoms with E-state index in [1.54, 1.807) is 12.1 Å². The minimum absolute atomic E-state index is 0.00880. The number of likely N-dealkylation sites (tertiary alicyclic amines) is 1. The molecule has 3 aromatic rings. The Bertz CT molecular complexity index is 1530. The lowest BCUT2D eigenvalue weighted by Crippen LogP contribution is -2.62. The summed E-state index contributed by atoms with van der Waals surface area (Å²) >= 11 is 0. The Morgan fingerprint density at radius 2 is 1.75 bits per heavy atom. The fourth-order valence-corrected chi connectivity index (χ4v) is 6.76. The lowest BCUT2D eigenvalue weighted by molar-refractivity contribution is -0.128. The minimum atomic E-state index is -0.829. The van der Waals surface area contributed by atoms with Crippen molar-refractivity contribution in [1.29, 1.82) is 0 Å². The second-order valence-corrected chi connectivity index (χ2v) is 13.6. The number of rotatable bonds is 11. The number of nitrogens with zero attached hydrogens (tertiary/aromatic N) is 2. The Morgan fingerprint density at radius 3 is 2.41 bits per heavy atom. The van der Waals surface area contributed by atoms with Gasteiger partial charge in [0.2, 0.25) is 0 Å². The molecule has 7 nitrogen and oxygen atoms in total. The molecule has 236 valence electrons. The van der Waals surface area contributed by atoms with Crippen LogP contribution in [0.1, 0.15) is 81.8 Å². The molecule has 44 heavy (non-hydrogen) atoms. The summed E-state index contributed by atoms with van der Waals surface area (Å²) in [4.78, 5) is 29.4. The number of carbonyl (C=O) groups excluding carboxylic acids is 2. The van der Waals surface area contributed by atoms with E-state index in [1.807, 2.05) is 20.8 Å². The molecule has 1 N–H and O–H groups in total. The molecule has 1 saturated heterocycles. The zero-order chi connectivity index (χ0) is 31.9. The molecule has 1 aliphatic carbocycles. The van der Waals surface area contributed by atoms with Crippen molar-refractivity contribution < 1.29 is 37.1 Å². The molecule has 0 amide bonds. The number of aromatic nitrogens is 1. The van der Waals surface area contributed by atoms with E-state index in [0.29, 0.717) is 25.9 Å². The zero-order valence-corrected chi connectivity index (χ0v) is 25.6. The van der Waals surface area contributed by atoms with E-state index >= 15 is 0 Å². The maximum Gasteiger partial charge on any atom is 0.185 e. The summed E-state index contributed by atoms with van der Waals surface area (Å²) in [6.45, 7) is 6.77. The molecule has 0 bridgehead atoms. The van der Waals surface area contributed by atoms with E-state index in [-0.39, 0.29) is 59.6 Å². The Labute approximate surface area is 255 Å². The number of Topliss-reactive ketones (excluding diaryl/α,β-unsaturated/α-hetero) is 2. The van der Waals surface area contributed by atoms with Gasteiger partial charge < -0.3 is 14.4 Å². The summed E-state index contributed by atoms with van der Waals surface area (Å²) in [6.07, 6.45) is 3.44. The first-order valence-corrected chi connectivity index (χ1v) is 15.0. The lowest BCUT2D eigenvalue weighted by Gasteiger charge is -2.55. The van der Waals surface area contributed by atoms with Crippen LogP contribution in [-0.2, 0) is 10.2 Å². The van der Waals surface area contributed by atoms with Gasteiger partial charge in [-0.1, -0.05) is 25.1 Å². The Morgan fingerprint density at radius 1 is 1.05 bits per heavy atom. The first-order chi connectivity index (χ1) is 20.7. The second-order valence-electron chi connectivity index (χ2n) is 13.6. The molecule has 10 heteroatoms. The van der Waals surface area contributed by atoms with Crippen LogP contribution in [0.5, 0.6) is 5.75 Å². The van der Waals surface area contributed by atoms with Gasteiger partial charge >= 0.3 is 0 Å². The van der Waals surface area contributed by atoms with E-state index < -0.39 is 33.9 Å². The third-order valence-corrected chi connectivity index (χ3v) is 9.30. The second kappa shape index (κ2) is 12.1. The van der Waals surface area contributed by atoms with E-state index in [0.717, 1.165) is 30.5 Å². The summed E-state index contributed by atoms with van der Waals surface area (Å²) in [7, 11) is 1.39. The number of benzene rings is 2. The molecule has 2 aliphatic rings. The first kappa shape index (κ1) is 31.9.